The van der Waals surface area contributed by atoms with Gasteiger partial charge < -0.3 is 4.90 Å². The maximum atomic E-state index is 11.5. The van der Waals surface area contributed by atoms with Gasteiger partial charge in [-0.3, -0.25) is 9.78 Å². The summed E-state index contributed by atoms with van der Waals surface area (Å²) in [5.41, 5.74) is 2.13. The molecule has 14 heavy (non-hydrogen) atoms. The van der Waals surface area contributed by atoms with Crippen molar-refractivity contribution in [3.8, 4) is 0 Å². The molecule has 0 radical (unpaired) electrons. The summed E-state index contributed by atoms with van der Waals surface area (Å²) < 4.78 is 0. The molecule has 2 heterocycles. The van der Waals surface area contributed by atoms with E-state index < -0.39 is 0 Å². The molecule has 3 heteroatoms. The quantitative estimate of drug-likeness (QED) is 0.626. The Balaban J connectivity index is 2.40. The van der Waals surface area contributed by atoms with E-state index in [2.05, 4.69) is 11.6 Å². The zero-order valence-electron chi connectivity index (χ0n) is 7.94. The molecule has 0 saturated carbocycles. The number of hydrogen-bond donors (Lipinski definition) is 0. The zero-order chi connectivity index (χ0) is 9.97. The third-order valence-corrected chi connectivity index (χ3v) is 2.44. The lowest BCUT2D eigenvalue weighted by Crippen LogP contribution is -2.34. The Hall–Kier alpha value is -1.64. The minimum absolute atomic E-state index is 0.0304. The molecular weight excluding hydrogens is 176 g/mol. The van der Waals surface area contributed by atoms with Crippen LogP contribution in [0.25, 0.3) is 0 Å². The molecule has 1 aromatic heterocycles. The van der Waals surface area contributed by atoms with Crippen LogP contribution in [-0.2, 0) is 11.2 Å². The Kier molecular flexibility index (Phi) is 2.31. The number of aryl methyl sites for hydroxylation is 1. The van der Waals surface area contributed by atoms with Gasteiger partial charge in [-0.25, -0.2) is 0 Å². The highest BCUT2D eigenvalue weighted by atomic mass is 16.2. The monoisotopic (exact) mass is 188 g/mol. The zero-order valence-corrected chi connectivity index (χ0v) is 7.94. The van der Waals surface area contributed by atoms with Crippen LogP contribution < -0.4 is 4.90 Å². The standard InChI is InChI=1S/C11H12N2O/c1-2-11(14)13-7-3-4-9-8-12-6-5-10(9)13/h2,5-6,8H,1,3-4,7H2. The third-order valence-electron chi connectivity index (χ3n) is 2.44. The van der Waals surface area contributed by atoms with E-state index in [0.717, 1.165) is 30.6 Å². The predicted octanol–water partition coefficient (Wildman–Crippen LogP) is 1.55. The fourth-order valence-corrected chi connectivity index (χ4v) is 1.76. The fraction of sp³-hybridized carbons (Fsp3) is 0.273. The van der Waals surface area contributed by atoms with Crippen LogP contribution in [0.1, 0.15) is 12.0 Å². The van der Waals surface area contributed by atoms with Gasteiger partial charge >= 0.3 is 0 Å². The number of anilines is 1. The second kappa shape index (κ2) is 3.62. The first-order chi connectivity index (χ1) is 6.83. The van der Waals surface area contributed by atoms with Crippen molar-refractivity contribution in [1.29, 1.82) is 0 Å². The van der Waals surface area contributed by atoms with Gasteiger partial charge in [-0.05, 0) is 30.5 Å². The highest BCUT2D eigenvalue weighted by molar-refractivity contribution is 6.01. The molecule has 2 rings (SSSR count). The van der Waals surface area contributed by atoms with Gasteiger partial charge in [0.2, 0.25) is 5.91 Å². The largest absolute Gasteiger partial charge is 0.309 e. The number of amides is 1. The molecule has 0 aliphatic carbocycles. The van der Waals surface area contributed by atoms with Crippen LogP contribution in [0, 0.1) is 0 Å². The van der Waals surface area contributed by atoms with Gasteiger partial charge in [0.1, 0.15) is 0 Å². The van der Waals surface area contributed by atoms with Crippen LogP contribution in [-0.4, -0.2) is 17.4 Å². The third kappa shape index (κ3) is 1.41. The normalized spacial score (nSPS) is 14.7. The lowest BCUT2D eigenvalue weighted by molar-refractivity contribution is -0.114. The summed E-state index contributed by atoms with van der Waals surface area (Å²) in [4.78, 5) is 17.3. The molecule has 1 amide bonds. The Morgan fingerprint density at radius 2 is 2.50 bits per heavy atom. The van der Waals surface area contributed by atoms with E-state index in [9.17, 15) is 4.79 Å². The smallest absolute Gasteiger partial charge is 0.250 e. The minimum atomic E-state index is -0.0304. The first-order valence-corrected chi connectivity index (χ1v) is 4.70. The van der Waals surface area contributed by atoms with E-state index in [4.69, 9.17) is 0 Å². The molecule has 1 aliphatic rings. The maximum Gasteiger partial charge on any atom is 0.250 e. The van der Waals surface area contributed by atoms with Crippen LogP contribution in [0.4, 0.5) is 5.69 Å². The first kappa shape index (κ1) is 8.94. The average molecular weight is 188 g/mol. The number of rotatable bonds is 1. The molecular formula is C11H12N2O. The molecule has 1 aliphatic heterocycles. The number of fused-ring (bicyclic) bond motifs is 1. The molecule has 0 atom stereocenters. The number of carbonyl (C=O) groups is 1. The summed E-state index contributed by atoms with van der Waals surface area (Å²) in [6.45, 7) is 4.28. The number of hydrogen-bond acceptors (Lipinski definition) is 2. The molecule has 3 nitrogen and oxygen atoms in total. The topological polar surface area (TPSA) is 33.2 Å². The number of carbonyl (C=O) groups excluding carboxylic acids is 1. The fourth-order valence-electron chi connectivity index (χ4n) is 1.76. The van der Waals surface area contributed by atoms with E-state index in [-0.39, 0.29) is 5.91 Å². The molecule has 0 aromatic carbocycles. The molecule has 0 unspecified atom stereocenters. The van der Waals surface area contributed by atoms with Crippen LogP contribution in [0.15, 0.2) is 31.1 Å². The van der Waals surface area contributed by atoms with E-state index in [1.807, 2.05) is 12.3 Å². The van der Waals surface area contributed by atoms with Gasteiger partial charge in [-0.15, -0.1) is 0 Å². The molecule has 0 spiro atoms. The van der Waals surface area contributed by atoms with Crippen LogP contribution >= 0.6 is 0 Å². The summed E-state index contributed by atoms with van der Waals surface area (Å²) in [6.07, 6.45) is 6.91. The van der Waals surface area contributed by atoms with Crippen molar-refractivity contribution in [2.75, 3.05) is 11.4 Å². The van der Waals surface area contributed by atoms with Gasteiger partial charge in [-0.2, -0.15) is 0 Å². The lowest BCUT2D eigenvalue weighted by atomic mass is 10.0. The van der Waals surface area contributed by atoms with Gasteiger partial charge in [-0.1, -0.05) is 6.58 Å². The van der Waals surface area contributed by atoms with Crippen molar-refractivity contribution < 1.29 is 4.79 Å². The van der Waals surface area contributed by atoms with Crippen molar-refractivity contribution >= 4 is 11.6 Å². The van der Waals surface area contributed by atoms with E-state index in [0.29, 0.717) is 0 Å². The summed E-state index contributed by atoms with van der Waals surface area (Å²) in [6, 6.07) is 1.88. The molecule has 72 valence electrons. The summed E-state index contributed by atoms with van der Waals surface area (Å²) in [5.74, 6) is -0.0304. The number of aromatic nitrogens is 1. The Morgan fingerprint density at radius 1 is 1.64 bits per heavy atom. The summed E-state index contributed by atoms with van der Waals surface area (Å²) >= 11 is 0. The van der Waals surface area contributed by atoms with Crippen molar-refractivity contribution in [3.63, 3.8) is 0 Å². The average Bonchev–Trinajstić information content (AvgIpc) is 2.27. The number of pyridine rings is 1. The van der Waals surface area contributed by atoms with Crippen LogP contribution in [0.5, 0.6) is 0 Å². The molecule has 1 aromatic rings. The van der Waals surface area contributed by atoms with Gasteiger partial charge in [0.05, 0.1) is 5.69 Å². The van der Waals surface area contributed by atoms with Crippen LogP contribution in [0.3, 0.4) is 0 Å². The van der Waals surface area contributed by atoms with Gasteiger partial charge in [0, 0.05) is 18.9 Å². The first-order valence-electron chi connectivity index (χ1n) is 4.70. The Labute approximate surface area is 83.1 Å². The van der Waals surface area contributed by atoms with Crippen molar-refractivity contribution in [2.24, 2.45) is 0 Å². The maximum absolute atomic E-state index is 11.5. The Morgan fingerprint density at radius 3 is 3.29 bits per heavy atom. The van der Waals surface area contributed by atoms with E-state index in [1.165, 1.54) is 6.08 Å². The van der Waals surface area contributed by atoms with Crippen LogP contribution in [0.2, 0.25) is 0 Å². The SMILES string of the molecule is C=CC(=O)N1CCCc2cnccc21. The van der Waals surface area contributed by atoms with Crippen molar-refractivity contribution in [2.45, 2.75) is 12.8 Å². The molecule has 0 saturated heterocycles. The van der Waals surface area contributed by atoms with Gasteiger partial charge in [0.25, 0.3) is 0 Å². The molecule has 0 bridgehead atoms. The van der Waals surface area contributed by atoms with Crippen molar-refractivity contribution in [3.05, 3.63) is 36.7 Å². The summed E-state index contributed by atoms with van der Waals surface area (Å²) in [7, 11) is 0. The molecule has 0 N–H and O–H groups in total. The summed E-state index contributed by atoms with van der Waals surface area (Å²) in [5, 5.41) is 0. The minimum Gasteiger partial charge on any atom is -0.309 e. The Bertz CT molecular complexity index is 373. The molecule has 0 fully saturated rings. The van der Waals surface area contributed by atoms with E-state index >= 15 is 0 Å². The lowest BCUT2D eigenvalue weighted by Gasteiger charge is -2.27. The second-order valence-electron chi connectivity index (χ2n) is 3.30. The second-order valence-corrected chi connectivity index (χ2v) is 3.30. The number of nitrogens with zero attached hydrogens (tertiary/aromatic N) is 2. The highest BCUT2D eigenvalue weighted by Crippen LogP contribution is 2.25. The van der Waals surface area contributed by atoms with E-state index in [1.54, 1.807) is 11.1 Å². The predicted molar refractivity (Wildman–Crippen MR) is 55.1 cm³/mol. The highest BCUT2D eigenvalue weighted by Gasteiger charge is 2.19. The van der Waals surface area contributed by atoms with Crippen molar-refractivity contribution in [1.82, 2.24) is 4.98 Å². The van der Waals surface area contributed by atoms with Gasteiger partial charge in [0.15, 0.2) is 0 Å².